The summed E-state index contributed by atoms with van der Waals surface area (Å²) in [5.74, 6) is -0.495. The summed E-state index contributed by atoms with van der Waals surface area (Å²) in [5, 5.41) is 23.6. The fourth-order valence-corrected chi connectivity index (χ4v) is 3.95. The number of aryl methyl sites for hydroxylation is 1. The summed E-state index contributed by atoms with van der Waals surface area (Å²) in [4.78, 5) is 24.9. The van der Waals surface area contributed by atoms with Gasteiger partial charge in [0.05, 0.1) is 12.0 Å². The molecule has 2 aromatic carbocycles. The third-order valence-electron chi connectivity index (χ3n) is 5.63. The first-order chi connectivity index (χ1) is 14.7. The Labute approximate surface area is 185 Å². The fourth-order valence-electron chi connectivity index (χ4n) is 3.82. The lowest BCUT2D eigenvalue weighted by atomic mass is 9.86. The highest BCUT2D eigenvalue weighted by atomic mass is 35.5. The van der Waals surface area contributed by atoms with Crippen molar-refractivity contribution in [3.63, 3.8) is 0 Å². The molecule has 0 radical (unpaired) electrons. The second-order valence-electron chi connectivity index (χ2n) is 8.02. The second kappa shape index (κ2) is 9.43. The van der Waals surface area contributed by atoms with Gasteiger partial charge in [0.2, 0.25) is 11.7 Å². The van der Waals surface area contributed by atoms with Crippen molar-refractivity contribution in [2.75, 3.05) is 6.54 Å². The van der Waals surface area contributed by atoms with E-state index in [1.54, 1.807) is 13.0 Å². The van der Waals surface area contributed by atoms with Crippen molar-refractivity contribution in [2.45, 2.75) is 39.5 Å². The Morgan fingerprint density at radius 1 is 1.13 bits per heavy atom. The predicted molar refractivity (Wildman–Crippen MR) is 121 cm³/mol. The first-order valence-electron chi connectivity index (χ1n) is 10.2. The van der Waals surface area contributed by atoms with Crippen molar-refractivity contribution in [1.29, 1.82) is 0 Å². The maximum absolute atomic E-state index is 12.5. The van der Waals surface area contributed by atoms with Gasteiger partial charge >= 0.3 is 5.63 Å². The topological polar surface area (TPSA) is 99.8 Å². The second-order valence-corrected chi connectivity index (χ2v) is 8.46. The molecule has 3 aromatic rings. The van der Waals surface area contributed by atoms with Gasteiger partial charge in [-0.1, -0.05) is 37.6 Å². The SMILES string of the molecule is Cc1c(CC(=O)NCCC(c2ccc(Cl)cc2)C(C)C)c(=O)oc2c(O)c(O)ccc12. The molecule has 1 unspecified atom stereocenters. The largest absolute Gasteiger partial charge is 0.504 e. The Kier molecular flexibility index (Phi) is 6.91. The highest BCUT2D eigenvalue weighted by Crippen LogP contribution is 2.34. The number of hydrogen-bond donors (Lipinski definition) is 3. The highest BCUT2D eigenvalue weighted by Gasteiger charge is 2.19. The molecule has 1 aromatic heterocycles. The molecule has 0 spiro atoms. The van der Waals surface area contributed by atoms with E-state index in [4.69, 9.17) is 16.0 Å². The molecule has 1 amide bonds. The molecule has 0 bridgehead atoms. The number of benzene rings is 2. The number of nitrogens with one attached hydrogen (secondary N) is 1. The van der Waals surface area contributed by atoms with E-state index >= 15 is 0 Å². The third kappa shape index (κ3) is 5.02. The van der Waals surface area contributed by atoms with Crippen LogP contribution >= 0.6 is 11.6 Å². The summed E-state index contributed by atoms with van der Waals surface area (Å²) in [6, 6.07) is 10.6. The fraction of sp³-hybridized carbons (Fsp3) is 0.333. The average Bonchev–Trinajstić information content (AvgIpc) is 2.72. The number of carbonyl (C=O) groups is 1. The van der Waals surface area contributed by atoms with Crippen LogP contribution in [0.25, 0.3) is 11.0 Å². The monoisotopic (exact) mass is 443 g/mol. The molecule has 1 atom stereocenters. The van der Waals surface area contributed by atoms with Crippen LogP contribution in [0.15, 0.2) is 45.6 Å². The highest BCUT2D eigenvalue weighted by molar-refractivity contribution is 6.30. The van der Waals surface area contributed by atoms with Crippen molar-refractivity contribution >= 4 is 28.5 Å². The van der Waals surface area contributed by atoms with Crippen LogP contribution in [0.3, 0.4) is 0 Å². The Morgan fingerprint density at radius 3 is 2.45 bits per heavy atom. The minimum atomic E-state index is -0.706. The van der Waals surface area contributed by atoms with E-state index in [9.17, 15) is 19.8 Å². The van der Waals surface area contributed by atoms with Crippen LogP contribution in [0.1, 0.15) is 42.9 Å². The molecular formula is C24H26ClNO5. The molecule has 3 N–H and O–H groups in total. The molecule has 0 saturated carbocycles. The van der Waals surface area contributed by atoms with Crippen molar-refractivity contribution in [3.8, 4) is 11.5 Å². The molecule has 31 heavy (non-hydrogen) atoms. The molecule has 0 aliphatic heterocycles. The van der Waals surface area contributed by atoms with Gasteiger partial charge in [-0.25, -0.2) is 4.79 Å². The number of aromatic hydroxyl groups is 2. The minimum Gasteiger partial charge on any atom is -0.504 e. The summed E-state index contributed by atoms with van der Waals surface area (Å²) in [5.41, 5.74) is 1.14. The van der Waals surface area contributed by atoms with Gasteiger partial charge in [-0.3, -0.25) is 4.79 Å². The maximum atomic E-state index is 12.5. The Hall–Kier alpha value is -2.99. The Balaban J connectivity index is 1.69. The Morgan fingerprint density at radius 2 is 1.81 bits per heavy atom. The van der Waals surface area contributed by atoms with Crippen molar-refractivity contribution in [3.05, 3.63) is 68.5 Å². The van der Waals surface area contributed by atoms with Crippen LogP contribution < -0.4 is 10.9 Å². The molecule has 164 valence electrons. The molecule has 0 aliphatic rings. The molecule has 3 rings (SSSR count). The number of hydrogen-bond acceptors (Lipinski definition) is 5. The van der Waals surface area contributed by atoms with Crippen LogP contribution in [0.5, 0.6) is 11.5 Å². The van der Waals surface area contributed by atoms with Gasteiger partial charge in [0.1, 0.15) is 0 Å². The van der Waals surface area contributed by atoms with E-state index in [-0.39, 0.29) is 35.1 Å². The summed E-state index contributed by atoms with van der Waals surface area (Å²) in [7, 11) is 0. The normalized spacial score (nSPS) is 12.3. The van der Waals surface area contributed by atoms with E-state index in [1.165, 1.54) is 11.6 Å². The van der Waals surface area contributed by atoms with E-state index in [2.05, 4.69) is 19.2 Å². The number of halogens is 1. The van der Waals surface area contributed by atoms with Crippen LogP contribution in [-0.2, 0) is 11.2 Å². The van der Waals surface area contributed by atoms with E-state index in [0.717, 1.165) is 6.42 Å². The zero-order chi connectivity index (χ0) is 22.7. The van der Waals surface area contributed by atoms with Gasteiger partial charge in [0.15, 0.2) is 11.3 Å². The predicted octanol–water partition coefficient (Wildman–Crippen LogP) is 4.65. The molecule has 6 nitrogen and oxygen atoms in total. The summed E-state index contributed by atoms with van der Waals surface area (Å²) < 4.78 is 5.17. The van der Waals surface area contributed by atoms with E-state index < -0.39 is 11.4 Å². The molecular weight excluding hydrogens is 418 g/mol. The van der Waals surface area contributed by atoms with Crippen LogP contribution in [-0.4, -0.2) is 22.7 Å². The lowest BCUT2D eigenvalue weighted by Gasteiger charge is -2.21. The van der Waals surface area contributed by atoms with Crippen LogP contribution in [0, 0.1) is 12.8 Å². The number of phenols is 2. The quantitative estimate of drug-likeness (QED) is 0.364. The van der Waals surface area contributed by atoms with Gasteiger partial charge in [-0.05, 0) is 60.6 Å². The number of fused-ring (bicyclic) bond motifs is 1. The van der Waals surface area contributed by atoms with Crippen molar-refractivity contribution in [1.82, 2.24) is 5.32 Å². The standard InChI is InChI=1S/C24H26ClNO5/c1-13(2)17(15-4-6-16(25)7-5-15)10-11-26-21(28)12-19-14(3)18-8-9-20(27)22(29)23(18)31-24(19)30/h4-9,13,17,27,29H,10-12H2,1-3H3,(H,26,28). The van der Waals surface area contributed by atoms with Crippen molar-refractivity contribution < 1.29 is 19.4 Å². The smallest absolute Gasteiger partial charge is 0.340 e. The summed E-state index contributed by atoms with van der Waals surface area (Å²) in [6.45, 7) is 6.43. The van der Waals surface area contributed by atoms with E-state index in [0.29, 0.717) is 28.4 Å². The molecule has 0 fully saturated rings. The summed E-state index contributed by atoms with van der Waals surface area (Å²) >= 11 is 5.98. The zero-order valence-electron chi connectivity index (χ0n) is 17.7. The van der Waals surface area contributed by atoms with E-state index in [1.807, 2.05) is 24.3 Å². The molecule has 1 heterocycles. The van der Waals surface area contributed by atoms with Gasteiger partial charge in [-0.2, -0.15) is 0 Å². The number of rotatable bonds is 7. The maximum Gasteiger partial charge on any atom is 0.340 e. The average molecular weight is 444 g/mol. The van der Waals surface area contributed by atoms with Gasteiger partial charge in [0, 0.05) is 17.0 Å². The number of phenolic OH excluding ortho intramolecular Hbond substituents is 2. The minimum absolute atomic E-state index is 0.0885. The molecule has 0 aliphatic carbocycles. The lowest BCUT2D eigenvalue weighted by Crippen LogP contribution is -2.30. The number of amides is 1. The van der Waals surface area contributed by atoms with Gasteiger partial charge < -0.3 is 19.9 Å². The van der Waals surface area contributed by atoms with Crippen LogP contribution in [0.2, 0.25) is 5.02 Å². The number of carbonyl (C=O) groups excluding carboxylic acids is 1. The van der Waals surface area contributed by atoms with Crippen molar-refractivity contribution in [2.24, 2.45) is 5.92 Å². The molecule has 7 heteroatoms. The lowest BCUT2D eigenvalue weighted by molar-refractivity contribution is -0.120. The summed E-state index contributed by atoms with van der Waals surface area (Å²) in [6.07, 6.45) is 0.628. The van der Waals surface area contributed by atoms with Crippen LogP contribution in [0.4, 0.5) is 0 Å². The first-order valence-corrected chi connectivity index (χ1v) is 10.6. The Bertz CT molecular complexity index is 1150. The zero-order valence-corrected chi connectivity index (χ0v) is 18.5. The third-order valence-corrected chi connectivity index (χ3v) is 5.88. The molecule has 0 saturated heterocycles. The van der Waals surface area contributed by atoms with Gasteiger partial charge in [0.25, 0.3) is 0 Å². The first kappa shape index (κ1) is 22.7. The van der Waals surface area contributed by atoms with Gasteiger partial charge in [-0.15, -0.1) is 0 Å².